The van der Waals surface area contributed by atoms with E-state index in [2.05, 4.69) is 0 Å². The molecule has 114 valence electrons. The van der Waals surface area contributed by atoms with E-state index in [0.717, 1.165) is 12.8 Å². The monoisotopic (exact) mass is 283 g/mol. The lowest BCUT2D eigenvalue weighted by molar-refractivity contribution is -0.145. The molecule has 2 rings (SSSR count). The van der Waals surface area contributed by atoms with Crippen molar-refractivity contribution in [2.75, 3.05) is 13.7 Å². The Morgan fingerprint density at radius 1 is 1.20 bits per heavy atom. The van der Waals surface area contributed by atoms with Crippen LogP contribution in [0.15, 0.2) is 0 Å². The fourth-order valence-corrected chi connectivity index (χ4v) is 3.40. The van der Waals surface area contributed by atoms with Crippen molar-refractivity contribution in [2.24, 2.45) is 5.41 Å². The van der Waals surface area contributed by atoms with Gasteiger partial charge in [-0.15, -0.1) is 0 Å². The molecule has 0 aromatic heterocycles. The molecule has 0 bridgehead atoms. The summed E-state index contributed by atoms with van der Waals surface area (Å²) >= 11 is 0. The number of amides is 1. The molecular weight excluding hydrogens is 258 g/mol. The van der Waals surface area contributed by atoms with Gasteiger partial charge >= 0.3 is 12.1 Å². The number of methoxy groups -OCH3 is 1. The third-order valence-corrected chi connectivity index (χ3v) is 4.27. The van der Waals surface area contributed by atoms with Crippen LogP contribution in [0.4, 0.5) is 4.79 Å². The van der Waals surface area contributed by atoms with Crippen LogP contribution in [-0.4, -0.2) is 42.3 Å². The van der Waals surface area contributed by atoms with E-state index in [-0.39, 0.29) is 11.4 Å². The zero-order valence-corrected chi connectivity index (χ0v) is 12.9. The van der Waals surface area contributed by atoms with Gasteiger partial charge in [-0.1, -0.05) is 12.8 Å². The minimum absolute atomic E-state index is 0.0930. The molecule has 2 aliphatic rings. The number of ether oxygens (including phenoxy) is 2. The lowest BCUT2D eigenvalue weighted by Crippen LogP contribution is -2.44. The standard InChI is InChI=1S/C15H25NO4/c1-14(2,3)20-13(18)16-10-15(7-5-6-8-15)9-11(16)12(17)19-4/h11H,5-10H2,1-4H3/t11-/m0/s1. The van der Waals surface area contributed by atoms with E-state index in [1.807, 2.05) is 20.8 Å². The van der Waals surface area contributed by atoms with E-state index >= 15 is 0 Å². The van der Waals surface area contributed by atoms with Crippen molar-refractivity contribution in [3.8, 4) is 0 Å². The number of likely N-dealkylation sites (tertiary alicyclic amines) is 1. The summed E-state index contributed by atoms with van der Waals surface area (Å²) in [4.78, 5) is 25.9. The Kier molecular flexibility index (Phi) is 3.98. The van der Waals surface area contributed by atoms with Gasteiger partial charge in [0.05, 0.1) is 7.11 Å². The zero-order chi connectivity index (χ0) is 15.0. The molecule has 2 fully saturated rings. The molecule has 1 aliphatic heterocycles. The van der Waals surface area contributed by atoms with Crippen molar-refractivity contribution >= 4 is 12.1 Å². The fourth-order valence-electron chi connectivity index (χ4n) is 3.40. The lowest BCUT2D eigenvalue weighted by Gasteiger charge is -2.28. The second-order valence-corrected chi connectivity index (χ2v) is 7.06. The van der Waals surface area contributed by atoms with E-state index in [4.69, 9.17) is 9.47 Å². The molecule has 0 unspecified atom stereocenters. The first kappa shape index (κ1) is 15.1. The summed E-state index contributed by atoms with van der Waals surface area (Å²) in [5, 5.41) is 0. The molecule has 1 amide bonds. The first-order valence-electron chi connectivity index (χ1n) is 7.34. The minimum Gasteiger partial charge on any atom is -0.467 e. The predicted molar refractivity (Wildman–Crippen MR) is 74.3 cm³/mol. The molecule has 0 N–H and O–H groups in total. The number of nitrogens with zero attached hydrogens (tertiary/aromatic N) is 1. The van der Waals surface area contributed by atoms with Gasteiger partial charge in [0, 0.05) is 6.54 Å². The van der Waals surface area contributed by atoms with Crippen molar-refractivity contribution in [1.29, 1.82) is 0 Å². The first-order valence-corrected chi connectivity index (χ1v) is 7.34. The summed E-state index contributed by atoms with van der Waals surface area (Å²) in [6.45, 7) is 6.11. The third-order valence-electron chi connectivity index (χ3n) is 4.27. The number of esters is 1. The van der Waals surface area contributed by atoms with Crippen molar-refractivity contribution < 1.29 is 19.1 Å². The Morgan fingerprint density at radius 2 is 1.80 bits per heavy atom. The Bertz CT molecular complexity index is 393. The topological polar surface area (TPSA) is 55.8 Å². The van der Waals surface area contributed by atoms with Gasteiger partial charge in [0.25, 0.3) is 0 Å². The molecule has 1 atom stereocenters. The van der Waals surface area contributed by atoms with Gasteiger partial charge in [0.1, 0.15) is 11.6 Å². The van der Waals surface area contributed by atoms with Crippen LogP contribution < -0.4 is 0 Å². The molecule has 5 heteroatoms. The maximum Gasteiger partial charge on any atom is 0.411 e. The number of hydrogen-bond acceptors (Lipinski definition) is 4. The molecule has 1 saturated heterocycles. The SMILES string of the molecule is COC(=O)[C@@H]1CC2(CCCC2)CN1C(=O)OC(C)(C)C. The molecule has 1 aliphatic carbocycles. The molecular formula is C15H25NO4. The maximum absolute atomic E-state index is 12.3. The number of rotatable bonds is 1. The van der Waals surface area contributed by atoms with Crippen LogP contribution >= 0.6 is 0 Å². The van der Waals surface area contributed by atoms with Crippen LogP contribution in [0.3, 0.4) is 0 Å². The summed E-state index contributed by atoms with van der Waals surface area (Å²) in [5.74, 6) is -0.334. The first-order chi connectivity index (χ1) is 9.26. The van der Waals surface area contributed by atoms with Crippen molar-refractivity contribution in [1.82, 2.24) is 4.90 Å². The van der Waals surface area contributed by atoms with Crippen LogP contribution in [0.25, 0.3) is 0 Å². The van der Waals surface area contributed by atoms with Crippen LogP contribution in [0, 0.1) is 5.41 Å². The van der Waals surface area contributed by atoms with Crippen LogP contribution in [0.5, 0.6) is 0 Å². The summed E-state index contributed by atoms with van der Waals surface area (Å²) in [5.41, 5.74) is -0.459. The molecule has 0 radical (unpaired) electrons. The average Bonchev–Trinajstić information content (AvgIpc) is 2.94. The lowest BCUT2D eigenvalue weighted by atomic mass is 9.84. The van der Waals surface area contributed by atoms with E-state index in [9.17, 15) is 9.59 Å². The quantitative estimate of drug-likeness (QED) is 0.694. The molecule has 20 heavy (non-hydrogen) atoms. The predicted octanol–water partition coefficient (Wildman–Crippen LogP) is 2.73. The number of carbonyl (C=O) groups is 2. The highest BCUT2D eigenvalue weighted by Gasteiger charge is 2.51. The molecule has 1 heterocycles. The Morgan fingerprint density at radius 3 is 2.30 bits per heavy atom. The second kappa shape index (κ2) is 5.26. The highest BCUT2D eigenvalue weighted by atomic mass is 16.6. The smallest absolute Gasteiger partial charge is 0.411 e. The van der Waals surface area contributed by atoms with Crippen LogP contribution in [-0.2, 0) is 14.3 Å². The van der Waals surface area contributed by atoms with E-state index in [1.54, 1.807) is 4.90 Å². The average molecular weight is 283 g/mol. The van der Waals surface area contributed by atoms with Gasteiger partial charge in [0.2, 0.25) is 0 Å². The maximum atomic E-state index is 12.3. The van der Waals surface area contributed by atoms with Crippen molar-refractivity contribution in [3.05, 3.63) is 0 Å². The van der Waals surface area contributed by atoms with Crippen molar-refractivity contribution in [3.63, 3.8) is 0 Å². The molecule has 0 aromatic rings. The van der Waals surface area contributed by atoms with Crippen LogP contribution in [0.2, 0.25) is 0 Å². The zero-order valence-electron chi connectivity index (χ0n) is 12.9. The van der Waals surface area contributed by atoms with Crippen molar-refractivity contribution in [2.45, 2.75) is 64.5 Å². The summed E-state index contributed by atoms with van der Waals surface area (Å²) in [6.07, 6.45) is 4.82. The number of carbonyl (C=O) groups excluding carboxylic acids is 2. The normalized spacial score (nSPS) is 25.0. The van der Waals surface area contributed by atoms with Gasteiger partial charge in [0.15, 0.2) is 0 Å². The third kappa shape index (κ3) is 3.07. The molecule has 1 saturated carbocycles. The van der Waals surface area contributed by atoms with Crippen LogP contribution in [0.1, 0.15) is 52.9 Å². The van der Waals surface area contributed by atoms with Gasteiger partial charge in [-0.3, -0.25) is 4.90 Å². The molecule has 1 spiro atoms. The van der Waals surface area contributed by atoms with Gasteiger partial charge < -0.3 is 9.47 Å². The summed E-state index contributed by atoms with van der Waals surface area (Å²) in [7, 11) is 1.37. The molecule has 0 aromatic carbocycles. The highest BCUT2D eigenvalue weighted by Crippen LogP contribution is 2.48. The van der Waals surface area contributed by atoms with Gasteiger partial charge in [-0.05, 0) is 45.4 Å². The Balaban J connectivity index is 2.15. The van der Waals surface area contributed by atoms with Gasteiger partial charge in [-0.2, -0.15) is 0 Å². The van der Waals surface area contributed by atoms with E-state index < -0.39 is 17.7 Å². The largest absolute Gasteiger partial charge is 0.467 e. The minimum atomic E-state index is -0.552. The Labute approximate surface area is 120 Å². The Hall–Kier alpha value is -1.26. The van der Waals surface area contributed by atoms with Gasteiger partial charge in [-0.25, -0.2) is 9.59 Å². The molecule has 5 nitrogen and oxygen atoms in total. The summed E-state index contributed by atoms with van der Waals surface area (Å²) in [6, 6.07) is -0.493. The van der Waals surface area contributed by atoms with E-state index in [0.29, 0.717) is 13.0 Å². The number of hydrogen-bond donors (Lipinski definition) is 0. The van der Waals surface area contributed by atoms with E-state index in [1.165, 1.54) is 20.0 Å². The summed E-state index contributed by atoms with van der Waals surface area (Å²) < 4.78 is 10.3. The second-order valence-electron chi connectivity index (χ2n) is 7.06. The fraction of sp³-hybridized carbons (Fsp3) is 0.867. The highest BCUT2D eigenvalue weighted by molar-refractivity contribution is 5.82.